The van der Waals surface area contributed by atoms with Crippen LogP contribution in [-0.4, -0.2) is 22.2 Å². The number of allylic oxidation sites excluding steroid dienone is 5. The van der Waals surface area contributed by atoms with E-state index in [2.05, 4.69) is 32.9 Å². The van der Waals surface area contributed by atoms with Gasteiger partial charge in [0.25, 0.3) is 0 Å². The van der Waals surface area contributed by atoms with Crippen LogP contribution in [0.25, 0.3) is 0 Å². The molecule has 1 aliphatic carbocycles. The Labute approximate surface area is 151 Å². The van der Waals surface area contributed by atoms with E-state index in [0.29, 0.717) is 12.0 Å². The minimum absolute atomic E-state index is 0.108. The summed E-state index contributed by atoms with van der Waals surface area (Å²) >= 11 is 0. The first-order chi connectivity index (χ1) is 11.8. The Kier molecular flexibility index (Phi) is 8.14. The number of unbranched alkanes of at least 4 members (excludes halogenated alkanes) is 2. The molecule has 4 heteroatoms. The largest absolute Gasteiger partial charge is 0.477 e. The first-order valence-electron chi connectivity index (χ1n) is 9.39. The summed E-state index contributed by atoms with van der Waals surface area (Å²) < 4.78 is 0. The fourth-order valence-corrected chi connectivity index (χ4v) is 4.01. The van der Waals surface area contributed by atoms with Crippen molar-refractivity contribution < 1.29 is 19.8 Å². The smallest absolute Gasteiger partial charge is 0.343 e. The minimum atomic E-state index is -1.34. The topological polar surface area (TPSA) is 74.6 Å². The van der Waals surface area contributed by atoms with Gasteiger partial charge >= 0.3 is 11.9 Å². The Morgan fingerprint density at radius 3 is 2.12 bits per heavy atom. The van der Waals surface area contributed by atoms with Gasteiger partial charge in [0.2, 0.25) is 0 Å². The predicted molar refractivity (Wildman–Crippen MR) is 100 cm³/mol. The van der Waals surface area contributed by atoms with Crippen LogP contribution in [0.1, 0.15) is 66.2 Å². The molecule has 0 amide bonds. The minimum Gasteiger partial charge on any atom is -0.477 e. The van der Waals surface area contributed by atoms with Crippen molar-refractivity contribution in [2.45, 2.75) is 66.2 Å². The second-order valence-corrected chi connectivity index (χ2v) is 7.15. The number of aliphatic carboxylic acids is 2. The molecule has 0 aromatic carbocycles. The third-order valence-electron chi connectivity index (χ3n) is 5.30. The zero-order valence-electron chi connectivity index (χ0n) is 15.9. The molecule has 0 saturated heterocycles. The third kappa shape index (κ3) is 4.62. The molecular weight excluding hydrogens is 316 g/mol. The normalized spacial score (nSPS) is 22.2. The number of hydrogen-bond acceptors (Lipinski definition) is 2. The molecule has 0 aromatic heterocycles. The Hall–Kier alpha value is -1.84. The molecule has 0 spiro atoms. The summed E-state index contributed by atoms with van der Waals surface area (Å²) in [7, 11) is 0. The summed E-state index contributed by atoms with van der Waals surface area (Å²) in [4.78, 5) is 23.6. The standard InChI is InChI=1S/C21H32O4/c1-5-7-11-16-12-9-10-14-21(16,15(3)4)17(13-8-6-2)18(19(22)23)20(24)25/h9-10,12,14-16H,5-8,11,13H2,1-4H3,(H,22,23)(H,24,25). The van der Waals surface area contributed by atoms with Crippen LogP contribution in [0.3, 0.4) is 0 Å². The van der Waals surface area contributed by atoms with Gasteiger partial charge in [-0.25, -0.2) is 9.59 Å². The van der Waals surface area contributed by atoms with Crippen LogP contribution >= 0.6 is 0 Å². The average Bonchev–Trinajstić information content (AvgIpc) is 2.55. The van der Waals surface area contributed by atoms with Crippen LogP contribution in [0.4, 0.5) is 0 Å². The summed E-state index contributed by atoms with van der Waals surface area (Å²) in [6.45, 7) is 8.30. The fraction of sp³-hybridized carbons (Fsp3) is 0.619. The molecule has 4 nitrogen and oxygen atoms in total. The molecule has 1 aliphatic rings. The van der Waals surface area contributed by atoms with E-state index in [1.165, 1.54) is 0 Å². The van der Waals surface area contributed by atoms with E-state index in [0.717, 1.165) is 32.1 Å². The van der Waals surface area contributed by atoms with E-state index >= 15 is 0 Å². The molecule has 2 unspecified atom stereocenters. The molecule has 0 aromatic rings. The second kappa shape index (κ2) is 9.59. The van der Waals surface area contributed by atoms with Crippen LogP contribution in [0, 0.1) is 17.3 Å². The zero-order chi connectivity index (χ0) is 19.0. The Morgan fingerprint density at radius 1 is 1.04 bits per heavy atom. The maximum Gasteiger partial charge on any atom is 0.343 e. The summed E-state index contributed by atoms with van der Waals surface area (Å²) in [5.41, 5.74) is -0.416. The van der Waals surface area contributed by atoms with Crippen molar-refractivity contribution in [3.63, 3.8) is 0 Å². The van der Waals surface area contributed by atoms with Crippen LogP contribution in [0.15, 0.2) is 35.5 Å². The van der Waals surface area contributed by atoms with E-state index < -0.39 is 22.9 Å². The lowest BCUT2D eigenvalue weighted by atomic mass is 9.58. The number of rotatable bonds is 10. The lowest BCUT2D eigenvalue weighted by Crippen LogP contribution is -2.39. The van der Waals surface area contributed by atoms with Gasteiger partial charge in [0, 0.05) is 5.41 Å². The maximum absolute atomic E-state index is 11.8. The van der Waals surface area contributed by atoms with Gasteiger partial charge in [-0.3, -0.25) is 0 Å². The molecule has 1 rings (SSSR count). The lowest BCUT2D eigenvalue weighted by molar-refractivity contribution is -0.140. The molecule has 25 heavy (non-hydrogen) atoms. The van der Waals surface area contributed by atoms with E-state index in [4.69, 9.17) is 0 Å². The number of hydrogen-bond donors (Lipinski definition) is 2. The van der Waals surface area contributed by atoms with Crippen molar-refractivity contribution in [3.05, 3.63) is 35.5 Å². The lowest BCUT2D eigenvalue weighted by Gasteiger charge is -2.45. The molecule has 0 heterocycles. The van der Waals surface area contributed by atoms with Gasteiger partial charge in [-0.2, -0.15) is 0 Å². The number of carboxylic acid groups (broad SMARTS) is 2. The molecule has 0 fully saturated rings. The molecule has 2 N–H and O–H groups in total. The fourth-order valence-electron chi connectivity index (χ4n) is 4.01. The molecule has 0 saturated carbocycles. The van der Waals surface area contributed by atoms with Gasteiger partial charge in [0.15, 0.2) is 0 Å². The molecule has 2 atom stereocenters. The highest BCUT2D eigenvalue weighted by atomic mass is 16.4. The van der Waals surface area contributed by atoms with E-state index in [1.54, 1.807) is 0 Å². The van der Waals surface area contributed by atoms with Crippen molar-refractivity contribution in [1.82, 2.24) is 0 Å². The first kappa shape index (κ1) is 21.2. The van der Waals surface area contributed by atoms with Gasteiger partial charge in [0.05, 0.1) is 0 Å². The van der Waals surface area contributed by atoms with E-state index in [9.17, 15) is 19.8 Å². The van der Waals surface area contributed by atoms with Gasteiger partial charge in [-0.15, -0.1) is 0 Å². The Bertz CT molecular complexity index is 552. The maximum atomic E-state index is 11.8. The van der Waals surface area contributed by atoms with Gasteiger partial charge in [0.1, 0.15) is 5.57 Å². The molecule has 140 valence electrons. The SMILES string of the molecule is CCCCC(=C(C(=O)O)C(=O)O)C1(C(C)C)C=CC=CC1CCCC. The summed E-state index contributed by atoms with van der Waals surface area (Å²) in [6.07, 6.45) is 13.3. The van der Waals surface area contributed by atoms with Gasteiger partial charge < -0.3 is 10.2 Å². The van der Waals surface area contributed by atoms with Crippen molar-refractivity contribution in [2.24, 2.45) is 17.3 Å². The van der Waals surface area contributed by atoms with Gasteiger partial charge in [-0.05, 0) is 36.7 Å². The second-order valence-electron chi connectivity index (χ2n) is 7.15. The Balaban J connectivity index is 3.63. The van der Waals surface area contributed by atoms with Crippen molar-refractivity contribution in [2.75, 3.05) is 0 Å². The zero-order valence-corrected chi connectivity index (χ0v) is 15.9. The van der Waals surface area contributed by atoms with Crippen LogP contribution < -0.4 is 0 Å². The quantitative estimate of drug-likeness (QED) is 0.322. The third-order valence-corrected chi connectivity index (χ3v) is 5.30. The van der Waals surface area contributed by atoms with Gasteiger partial charge in [-0.1, -0.05) is 71.3 Å². The Morgan fingerprint density at radius 2 is 1.64 bits per heavy atom. The molecule has 0 radical (unpaired) electrons. The van der Waals surface area contributed by atoms with Crippen LogP contribution in [-0.2, 0) is 9.59 Å². The van der Waals surface area contributed by atoms with Crippen LogP contribution in [0.2, 0.25) is 0 Å². The number of carboxylic acids is 2. The van der Waals surface area contributed by atoms with Crippen molar-refractivity contribution in [1.29, 1.82) is 0 Å². The highest BCUT2D eigenvalue weighted by Crippen LogP contribution is 2.51. The van der Waals surface area contributed by atoms with E-state index in [-0.39, 0.29) is 11.8 Å². The number of carbonyl (C=O) groups is 2. The molecule has 0 bridgehead atoms. The van der Waals surface area contributed by atoms with Crippen molar-refractivity contribution in [3.8, 4) is 0 Å². The highest BCUT2D eigenvalue weighted by Gasteiger charge is 2.45. The van der Waals surface area contributed by atoms with Crippen LogP contribution in [0.5, 0.6) is 0 Å². The monoisotopic (exact) mass is 348 g/mol. The average molecular weight is 348 g/mol. The predicted octanol–water partition coefficient (Wildman–Crippen LogP) is 5.22. The van der Waals surface area contributed by atoms with Crippen molar-refractivity contribution >= 4 is 11.9 Å². The molecule has 0 aliphatic heterocycles. The summed E-state index contributed by atoms with van der Waals surface area (Å²) in [5, 5.41) is 19.2. The first-order valence-corrected chi connectivity index (χ1v) is 9.39. The summed E-state index contributed by atoms with van der Waals surface area (Å²) in [5.74, 6) is -2.44. The van der Waals surface area contributed by atoms with E-state index in [1.807, 2.05) is 19.1 Å². The molecular formula is C21H32O4. The summed E-state index contributed by atoms with van der Waals surface area (Å²) in [6, 6.07) is 0. The highest BCUT2D eigenvalue weighted by molar-refractivity contribution is 6.13.